The molecule has 174 valence electrons. The van der Waals surface area contributed by atoms with Gasteiger partial charge in [0.2, 0.25) is 0 Å². The van der Waals surface area contributed by atoms with Crippen molar-refractivity contribution in [3.8, 4) is 0 Å². The number of carbonyl (C=O) groups is 1. The van der Waals surface area contributed by atoms with Crippen molar-refractivity contribution >= 4 is 32.4 Å². The number of esters is 1. The van der Waals surface area contributed by atoms with E-state index < -0.39 is 26.5 Å². The summed E-state index contributed by atoms with van der Waals surface area (Å²) in [6, 6.07) is 1.17. The quantitative estimate of drug-likeness (QED) is 0.0847. The van der Waals surface area contributed by atoms with Gasteiger partial charge in [-0.1, -0.05) is 19.6 Å². The first-order valence-electron chi connectivity index (χ1n) is 11.5. The summed E-state index contributed by atoms with van der Waals surface area (Å²) in [5.74, 6) is 0.765. The average molecular weight is 545 g/mol. The fraction of sp³-hybridized carbons (Fsp3) is 0.792. The molecule has 0 unspecified atom stereocenters. The summed E-state index contributed by atoms with van der Waals surface area (Å²) in [5, 5.41) is 0. The van der Waals surface area contributed by atoms with Crippen LogP contribution in [0.5, 0.6) is 0 Å². The molecule has 0 saturated carbocycles. The number of cyclic esters (lactones) is 1. The van der Waals surface area contributed by atoms with Gasteiger partial charge in [-0.3, -0.25) is 0 Å². The zero-order valence-electron chi connectivity index (χ0n) is 20.8. The van der Waals surface area contributed by atoms with E-state index in [9.17, 15) is 4.79 Å². The van der Waals surface area contributed by atoms with Crippen LogP contribution in [-0.4, -0.2) is 59.0 Å². The number of allylic oxidation sites excluding steroid dienone is 1. The molecule has 0 amide bonds. The van der Waals surface area contributed by atoms with Crippen molar-refractivity contribution in [2.45, 2.75) is 73.6 Å². The van der Waals surface area contributed by atoms with Crippen LogP contribution in [0.3, 0.4) is 0 Å². The van der Waals surface area contributed by atoms with Gasteiger partial charge in [0.25, 0.3) is 0 Å². The Labute approximate surface area is 190 Å². The predicted octanol–water partition coefficient (Wildman–Crippen LogP) is 6.29. The van der Waals surface area contributed by atoms with Crippen molar-refractivity contribution in [2.24, 2.45) is 17.8 Å². The van der Waals surface area contributed by atoms with Crippen molar-refractivity contribution in [3.05, 3.63) is 21.8 Å². The third kappa shape index (κ3) is 11.0. The summed E-state index contributed by atoms with van der Waals surface area (Å²) < 4.78 is 17.8. The van der Waals surface area contributed by atoms with E-state index in [1.165, 1.54) is 15.2 Å². The Balaban J connectivity index is 2.30. The van der Waals surface area contributed by atoms with Gasteiger partial charge in [-0.2, -0.15) is 0 Å². The molecule has 0 aromatic carbocycles. The summed E-state index contributed by atoms with van der Waals surface area (Å²) in [4.78, 5) is 19.3. The van der Waals surface area contributed by atoms with E-state index in [-0.39, 0.29) is 11.9 Å². The van der Waals surface area contributed by atoms with Gasteiger partial charge in [-0.25, -0.2) is 0 Å². The summed E-state index contributed by atoms with van der Waals surface area (Å²) in [6.07, 6.45) is 5.47. The van der Waals surface area contributed by atoms with Crippen molar-refractivity contribution in [1.29, 1.82) is 0 Å². The molecule has 1 saturated heterocycles. The molecule has 0 N–H and O–H groups in total. The molecule has 1 aliphatic rings. The van der Waals surface area contributed by atoms with Gasteiger partial charge in [-0.05, 0) is 6.04 Å². The van der Waals surface area contributed by atoms with Gasteiger partial charge >= 0.3 is 146 Å². The van der Waals surface area contributed by atoms with Gasteiger partial charge in [0.05, 0.1) is 0 Å². The zero-order chi connectivity index (χ0) is 22.9. The van der Waals surface area contributed by atoms with E-state index in [0.29, 0.717) is 31.8 Å². The second-order valence-electron chi connectivity index (χ2n) is 11.3. The summed E-state index contributed by atoms with van der Waals surface area (Å²) >= 11 is -2.32. The molecule has 0 aromatic heterocycles. The van der Waals surface area contributed by atoms with Crippen LogP contribution in [-0.2, 0) is 19.0 Å². The van der Waals surface area contributed by atoms with Gasteiger partial charge < -0.3 is 4.74 Å². The van der Waals surface area contributed by atoms with E-state index in [1.807, 2.05) is 0 Å². The van der Waals surface area contributed by atoms with Crippen LogP contribution in [0.4, 0.5) is 0 Å². The van der Waals surface area contributed by atoms with Crippen LogP contribution in [0.15, 0.2) is 21.8 Å². The molecule has 1 rings (SSSR count). The molecule has 0 aliphatic carbocycles. The second-order valence-corrected chi connectivity index (χ2v) is 31.6. The van der Waals surface area contributed by atoms with Crippen molar-refractivity contribution < 1.29 is 19.0 Å². The van der Waals surface area contributed by atoms with E-state index in [1.54, 1.807) is 0 Å². The normalized spacial score (nSPS) is 21.6. The standard InChI is InChI=1S/C21H37O4Si.3CH3.Sn/c1-7-20-19(15-25-21(20)22)13-17(2)9-8-10-18(3)14-24-16-23-11-12-26(4,5)6;;;;/h10,17,19-20H,1,8-9,11-16H2,2-6H3;3*1H3;/b18-10+;;;;/t17-,19+,20-;;;;/m0..../s1. The SMILES string of the molecule is C=[C]([C@@H]1C(=O)OC[C@H]1C[C@@H](C)CC/C=C(\C)COCOCC[Si](C)(C)C)[Sn]([CH3])([CH3])[CH3]. The van der Waals surface area contributed by atoms with E-state index in [2.05, 4.69) is 61.0 Å². The van der Waals surface area contributed by atoms with Gasteiger partial charge in [0.15, 0.2) is 0 Å². The van der Waals surface area contributed by atoms with Crippen LogP contribution in [0.25, 0.3) is 0 Å². The molecular weight excluding hydrogens is 499 g/mol. The van der Waals surface area contributed by atoms with E-state index >= 15 is 0 Å². The Kier molecular flexibility index (Phi) is 11.9. The molecule has 1 fully saturated rings. The Hall–Kier alpha value is -0.114. The first-order chi connectivity index (χ1) is 13.8. The molecule has 1 aliphatic heterocycles. The van der Waals surface area contributed by atoms with Crippen LogP contribution >= 0.6 is 0 Å². The number of hydrogen-bond donors (Lipinski definition) is 0. The first-order valence-corrected chi connectivity index (χ1v) is 25.2. The van der Waals surface area contributed by atoms with Crippen molar-refractivity contribution in [3.63, 3.8) is 0 Å². The Morgan fingerprint density at radius 1 is 1.30 bits per heavy atom. The average Bonchev–Trinajstić information content (AvgIpc) is 2.95. The monoisotopic (exact) mass is 546 g/mol. The third-order valence-electron chi connectivity index (χ3n) is 5.85. The Bertz CT molecular complexity index is 589. The molecule has 0 bridgehead atoms. The maximum absolute atomic E-state index is 12.3. The fourth-order valence-corrected chi connectivity index (χ4v) is 8.10. The summed E-state index contributed by atoms with van der Waals surface area (Å²) in [6.45, 7) is 18.2. The number of rotatable bonds is 14. The van der Waals surface area contributed by atoms with E-state index in [0.717, 1.165) is 25.9 Å². The molecule has 3 atom stereocenters. The maximum atomic E-state index is 12.3. The number of hydrogen-bond acceptors (Lipinski definition) is 4. The molecule has 4 nitrogen and oxygen atoms in total. The van der Waals surface area contributed by atoms with Crippen LogP contribution in [0, 0.1) is 17.8 Å². The molecule has 0 radical (unpaired) electrons. The molecule has 1 heterocycles. The minimum atomic E-state index is -2.32. The van der Waals surface area contributed by atoms with Crippen LogP contribution < -0.4 is 0 Å². The zero-order valence-corrected chi connectivity index (χ0v) is 24.7. The molecule has 30 heavy (non-hydrogen) atoms. The molecule has 6 heteroatoms. The number of ether oxygens (including phenoxy) is 3. The fourth-order valence-electron chi connectivity index (χ4n) is 3.67. The molecule has 0 aromatic rings. The second kappa shape index (κ2) is 12.8. The first kappa shape index (κ1) is 27.9. The van der Waals surface area contributed by atoms with Crippen molar-refractivity contribution in [2.75, 3.05) is 26.6 Å². The third-order valence-corrected chi connectivity index (χ3v) is 13.9. The summed E-state index contributed by atoms with van der Waals surface area (Å²) in [7, 11) is -1.03. The predicted molar refractivity (Wildman–Crippen MR) is 132 cm³/mol. The van der Waals surface area contributed by atoms with E-state index in [4.69, 9.17) is 14.2 Å². The van der Waals surface area contributed by atoms with Gasteiger partial charge in [0.1, 0.15) is 0 Å². The van der Waals surface area contributed by atoms with Gasteiger partial charge in [0, 0.05) is 14.7 Å². The summed E-state index contributed by atoms with van der Waals surface area (Å²) in [5.41, 5.74) is 1.25. The topological polar surface area (TPSA) is 44.8 Å². The molecule has 0 spiro atoms. The van der Waals surface area contributed by atoms with Crippen molar-refractivity contribution in [1.82, 2.24) is 0 Å². The minimum absolute atomic E-state index is 0.0382. The Morgan fingerprint density at radius 2 is 1.97 bits per heavy atom. The van der Waals surface area contributed by atoms with Crippen LogP contribution in [0.1, 0.15) is 33.1 Å². The Morgan fingerprint density at radius 3 is 2.57 bits per heavy atom. The van der Waals surface area contributed by atoms with Gasteiger partial charge in [-0.15, -0.1) is 0 Å². The molecular formula is C24H46O4SiSn. The van der Waals surface area contributed by atoms with Crippen LogP contribution in [0.2, 0.25) is 40.5 Å². The number of carbonyl (C=O) groups excluding carboxylic acids is 1.